The van der Waals surface area contributed by atoms with Gasteiger partial charge in [-0.1, -0.05) is 61.5 Å². The van der Waals surface area contributed by atoms with E-state index in [0.29, 0.717) is 18.7 Å². The summed E-state index contributed by atoms with van der Waals surface area (Å²) in [7, 11) is 0. The van der Waals surface area contributed by atoms with Gasteiger partial charge in [0, 0.05) is 11.3 Å². The number of fused-ring (bicyclic) bond motifs is 4. The van der Waals surface area contributed by atoms with Gasteiger partial charge in [0.15, 0.2) is 0 Å². The second kappa shape index (κ2) is 6.34. The highest BCUT2D eigenvalue weighted by Crippen LogP contribution is 2.23. The summed E-state index contributed by atoms with van der Waals surface area (Å²) >= 11 is 0. The van der Waals surface area contributed by atoms with Crippen molar-refractivity contribution in [2.24, 2.45) is 0 Å². The molecule has 28 heavy (non-hydrogen) atoms. The van der Waals surface area contributed by atoms with Crippen molar-refractivity contribution in [3.05, 3.63) is 93.9 Å². The first-order valence-corrected chi connectivity index (χ1v) is 9.65. The van der Waals surface area contributed by atoms with Crippen molar-refractivity contribution >= 4 is 27.6 Å². The molecule has 0 unspecified atom stereocenters. The van der Waals surface area contributed by atoms with Gasteiger partial charge in [-0.2, -0.15) is 0 Å². The molecular formula is C24H21N3O. The van der Waals surface area contributed by atoms with Crippen LogP contribution in [0.4, 0.5) is 0 Å². The Bertz CT molecular complexity index is 1400. The van der Waals surface area contributed by atoms with E-state index in [1.165, 1.54) is 16.3 Å². The highest BCUT2D eigenvalue weighted by Gasteiger charge is 2.17. The number of para-hydroxylation sites is 2. The average Bonchev–Trinajstić information content (AvgIpc) is 3.11. The molecule has 0 bridgehead atoms. The van der Waals surface area contributed by atoms with Crippen LogP contribution in [-0.2, 0) is 13.0 Å². The zero-order chi connectivity index (χ0) is 19.3. The normalized spacial score (nSPS) is 11.6. The lowest BCUT2D eigenvalue weighted by Crippen LogP contribution is -2.25. The third kappa shape index (κ3) is 2.38. The van der Waals surface area contributed by atoms with E-state index >= 15 is 0 Å². The van der Waals surface area contributed by atoms with Crippen LogP contribution in [0.5, 0.6) is 0 Å². The average molecular weight is 367 g/mol. The molecule has 2 aromatic heterocycles. The Morgan fingerprint density at radius 1 is 0.929 bits per heavy atom. The van der Waals surface area contributed by atoms with Crippen molar-refractivity contribution in [3.63, 3.8) is 0 Å². The van der Waals surface area contributed by atoms with Gasteiger partial charge in [0.2, 0.25) is 5.78 Å². The van der Waals surface area contributed by atoms with Crippen LogP contribution >= 0.6 is 0 Å². The summed E-state index contributed by atoms with van der Waals surface area (Å²) in [4.78, 5) is 18.0. The van der Waals surface area contributed by atoms with E-state index in [9.17, 15) is 4.79 Å². The summed E-state index contributed by atoms with van der Waals surface area (Å²) in [5.74, 6) is 0.703. The quantitative estimate of drug-likeness (QED) is 0.463. The minimum atomic E-state index is 0.0397. The predicted molar refractivity (Wildman–Crippen MR) is 114 cm³/mol. The number of rotatable bonds is 3. The summed E-state index contributed by atoms with van der Waals surface area (Å²) < 4.78 is 3.95. The lowest BCUT2D eigenvalue weighted by Gasteiger charge is -2.17. The zero-order valence-electron chi connectivity index (χ0n) is 16.0. The van der Waals surface area contributed by atoms with Gasteiger partial charge in [0.25, 0.3) is 5.56 Å². The molecule has 0 spiro atoms. The number of aromatic nitrogens is 3. The minimum Gasteiger partial charge on any atom is -0.311 e. The summed E-state index contributed by atoms with van der Waals surface area (Å²) in [6.45, 7) is 4.74. The van der Waals surface area contributed by atoms with Crippen LogP contribution in [0.1, 0.15) is 23.7 Å². The molecule has 0 aliphatic carbocycles. The van der Waals surface area contributed by atoms with E-state index in [2.05, 4.69) is 47.0 Å². The fourth-order valence-electron chi connectivity index (χ4n) is 4.19. The van der Waals surface area contributed by atoms with Crippen molar-refractivity contribution in [1.29, 1.82) is 0 Å². The van der Waals surface area contributed by atoms with Gasteiger partial charge in [0.05, 0.1) is 17.6 Å². The number of hydrogen-bond acceptors (Lipinski definition) is 2. The molecule has 3 aromatic carbocycles. The van der Waals surface area contributed by atoms with Crippen LogP contribution in [0.2, 0.25) is 0 Å². The Kier molecular flexibility index (Phi) is 3.79. The topological polar surface area (TPSA) is 39.3 Å². The smallest absolute Gasteiger partial charge is 0.262 e. The first-order chi connectivity index (χ1) is 13.7. The lowest BCUT2D eigenvalue weighted by molar-refractivity contribution is 0.737. The fourth-order valence-corrected chi connectivity index (χ4v) is 4.19. The Morgan fingerprint density at radius 3 is 2.54 bits per heavy atom. The number of nitrogens with zero attached hydrogens (tertiary/aromatic N) is 3. The maximum Gasteiger partial charge on any atom is 0.262 e. The monoisotopic (exact) mass is 367 g/mol. The molecule has 0 amide bonds. The van der Waals surface area contributed by atoms with E-state index in [1.54, 1.807) is 4.40 Å². The predicted octanol–water partition coefficient (Wildman–Crippen LogP) is 4.72. The molecule has 0 radical (unpaired) electrons. The van der Waals surface area contributed by atoms with Gasteiger partial charge >= 0.3 is 0 Å². The van der Waals surface area contributed by atoms with Crippen LogP contribution in [-0.4, -0.2) is 14.0 Å². The maximum atomic E-state index is 13.2. The summed E-state index contributed by atoms with van der Waals surface area (Å²) in [5.41, 5.74) is 4.81. The van der Waals surface area contributed by atoms with E-state index in [-0.39, 0.29) is 5.56 Å². The molecule has 5 rings (SSSR count). The Labute approximate surface area is 162 Å². The van der Waals surface area contributed by atoms with E-state index in [1.807, 2.05) is 38.1 Å². The maximum absolute atomic E-state index is 13.2. The zero-order valence-corrected chi connectivity index (χ0v) is 16.0. The van der Waals surface area contributed by atoms with Crippen LogP contribution in [0, 0.1) is 6.92 Å². The molecule has 0 aliphatic heterocycles. The third-order valence-electron chi connectivity index (χ3n) is 5.65. The fraction of sp³-hybridized carbons (Fsp3) is 0.167. The SMILES string of the molecule is CCc1c(C)n(Cc2cccc3ccccc23)c2nc3ccccc3n2c1=O. The molecule has 138 valence electrons. The summed E-state index contributed by atoms with van der Waals surface area (Å²) in [6, 6.07) is 22.6. The molecule has 0 N–H and O–H groups in total. The molecule has 5 aromatic rings. The Balaban J connectivity index is 1.85. The van der Waals surface area contributed by atoms with Crippen molar-refractivity contribution in [1.82, 2.24) is 14.0 Å². The van der Waals surface area contributed by atoms with Crippen LogP contribution in [0.25, 0.3) is 27.6 Å². The molecular weight excluding hydrogens is 346 g/mol. The van der Waals surface area contributed by atoms with Crippen molar-refractivity contribution < 1.29 is 0 Å². The molecule has 0 atom stereocenters. The number of benzene rings is 3. The Morgan fingerprint density at radius 2 is 1.68 bits per heavy atom. The first kappa shape index (κ1) is 16.8. The highest BCUT2D eigenvalue weighted by molar-refractivity contribution is 5.86. The van der Waals surface area contributed by atoms with Gasteiger partial charge in [0.1, 0.15) is 0 Å². The number of hydrogen-bond donors (Lipinski definition) is 0. The molecule has 4 heteroatoms. The van der Waals surface area contributed by atoms with Gasteiger partial charge in [-0.3, -0.25) is 4.79 Å². The van der Waals surface area contributed by atoms with E-state index in [0.717, 1.165) is 22.3 Å². The van der Waals surface area contributed by atoms with Crippen molar-refractivity contribution in [2.45, 2.75) is 26.8 Å². The molecule has 4 nitrogen and oxygen atoms in total. The van der Waals surface area contributed by atoms with Gasteiger partial charge in [-0.25, -0.2) is 9.38 Å². The van der Waals surface area contributed by atoms with Gasteiger partial charge < -0.3 is 4.57 Å². The van der Waals surface area contributed by atoms with E-state index in [4.69, 9.17) is 4.98 Å². The number of imidazole rings is 1. The second-order valence-electron chi connectivity index (χ2n) is 7.18. The molecule has 0 saturated carbocycles. The van der Waals surface area contributed by atoms with Crippen LogP contribution in [0.3, 0.4) is 0 Å². The van der Waals surface area contributed by atoms with E-state index < -0.39 is 0 Å². The van der Waals surface area contributed by atoms with Crippen molar-refractivity contribution in [3.8, 4) is 0 Å². The standard InChI is InChI=1S/C24H21N3O/c1-3-19-16(2)26(15-18-11-8-10-17-9-4-5-12-20(17)18)24-25-21-13-6-7-14-22(21)27(24)23(19)28/h4-14H,3,15H2,1-2H3. The lowest BCUT2D eigenvalue weighted by atomic mass is 10.0. The summed E-state index contributed by atoms with van der Waals surface area (Å²) in [6.07, 6.45) is 0.697. The third-order valence-corrected chi connectivity index (χ3v) is 5.65. The van der Waals surface area contributed by atoms with Crippen molar-refractivity contribution in [2.75, 3.05) is 0 Å². The van der Waals surface area contributed by atoms with Crippen LogP contribution in [0.15, 0.2) is 71.5 Å². The molecule has 2 heterocycles. The molecule has 0 saturated heterocycles. The summed E-state index contributed by atoms with van der Waals surface area (Å²) in [5, 5.41) is 2.45. The Hall–Kier alpha value is -3.40. The largest absolute Gasteiger partial charge is 0.311 e. The van der Waals surface area contributed by atoms with Crippen LogP contribution < -0.4 is 5.56 Å². The minimum absolute atomic E-state index is 0.0397. The first-order valence-electron chi connectivity index (χ1n) is 9.65. The molecule has 0 fully saturated rings. The molecule has 0 aliphatic rings. The van der Waals surface area contributed by atoms with Gasteiger partial charge in [-0.05, 0) is 41.8 Å². The highest BCUT2D eigenvalue weighted by atomic mass is 16.1. The van der Waals surface area contributed by atoms with Gasteiger partial charge in [-0.15, -0.1) is 0 Å². The second-order valence-corrected chi connectivity index (χ2v) is 7.18.